The topological polar surface area (TPSA) is 65.4 Å². The van der Waals surface area contributed by atoms with Gasteiger partial charge < -0.3 is 14.8 Å². The number of aryl methyl sites for hydroxylation is 1. The number of halogens is 4. The van der Waals surface area contributed by atoms with Crippen LogP contribution in [0.3, 0.4) is 0 Å². The molecule has 0 bridgehead atoms. The average Bonchev–Trinajstić information content (AvgIpc) is 2.98. The molecule has 170 valence electrons. The molecule has 0 aliphatic carbocycles. The van der Waals surface area contributed by atoms with Crippen molar-refractivity contribution in [3.8, 4) is 11.5 Å². The van der Waals surface area contributed by atoms with Gasteiger partial charge in [0.2, 0.25) is 0 Å². The molecule has 0 saturated carbocycles. The first-order chi connectivity index (χ1) is 15.2. The lowest BCUT2D eigenvalue weighted by Gasteiger charge is -2.13. The van der Waals surface area contributed by atoms with Crippen molar-refractivity contribution in [3.05, 3.63) is 69.8 Å². The Hall–Kier alpha value is -3.20. The minimum atomic E-state index is -3.01. The van der Waals surface area contributed by atoms with E-state index in [-0.39, 0.29) is 35.2 Å². The molecule has 0 aliphatic rings. The summed E-state index contributed by atoms with van der Waals surface area (Å²) in [5.74, 6) is -1.03. The van der Waals surface area contributed by atoms with Gasteiger partial charge in [-0.1, -0.05) is 17.7 Å². The Kier molecular flexibility index (Phi) is 7.29. The van der Waals surface area contributed by atoms with Crippen molar-refractivity contribution >= 4 is 23.2 Å². The summed E-state index contributed by atoms with van der Waals surface area (Å²) in [6.45, 7) is 2.68. The van der Waals surface area contributed by atoms with Crippen LogP contribution in [0.4, 0.5) is 18.9 Å². The molecule has 0 spiro atoms. The first kappa shape index (κ1) is 23.5. The second-order valence-corrected chi connectivity index (χ2v) is 7.27. The van der Waals surface area contributed by atoms with E-state index in [9.17, 15) is 18.0 Å². The monoisotopic (exact) mass is 467 g/mol. The SMILES string of the molecule is CCOc1cc(C(=O)Nc2c(C)nn(Cc3ccc(F)cc3Cl)c2C)ccc1OC(F)F. The Morgan fingerprint density at radius 1 is 1.19 bits per heavy atom. The van der Waals surface area contributed by atoms with Crippen molar-refractivity contribution in [2.24, 2.45) is 0 Å². The van der Waals surface area contributed by atoms with Gasteiger partial charge in [-0.05, 0) is 56.7 Å². The van der Waals surface area contributed by atoms with Crippen LogP contribution >= 0.6 is 11.6 Å². The van der Waals surface area contributed by atoms with Gasteiger partial charge in [-0.25, -0.2) is 4.39 Å². The molecule has 1 heterocycles. The van der Waals surface area contributed by atoms with Crippen molar-refractivity contribution in [2.75, 3.05) is 11.9 Å². The maximum Gasteiger partial charge on any atom is 0.387 e. The summed E-state index contributed by atoms with van der Waals surface area (Å²) < 4.78 is 49.9. The van der Waals surface area contributed by atoms with Crippen molar-refractivity contribution in [1.29, 1.82) is 0 Å². The fourth-order valence-corrected chi connectivity index (χ4v) is 3.37. The third kappa shape index (κ3) is 5.34. The van der Waals surface area contributed by atoms with Crippen molar-refractivity contribution in [3.63, 3.8) is 0 Å². The third-order valence-electron chi connectivity index (χ3n) is 4.68. The summed E-state index contributed by atoms with van der Waals surface area (Å²) in [5.41, 5.74) is 2.60. The Bertz CT molecular complexity index is 1140. The Morgan fingerprint density at radius 3 is 2.59 bits per heavy atom. The van der Waals surface area contributed by atoms with E-state index in [1.54, 1.807) is 31.5 Å². The molecule has 0 unspecified atom stereocenters. The van der Waals surface area contributed by atoms with Crippen molar-refractivity contribution in [1.82, 2.24) is 9.78 Å². The number of ether oxygens (including phenoxy) is 2. The number of alkyl halides is 2. The zero-order chi connectivity index (χ0) is 23.4. The molecular formula is C22H21ClF3N3O3. The zero-order valence-corrected chi connectivity index (χ0v) is 18.3. The highest BCUT2D eigenvalue weighted by Gasteiger charge is 2.19. The number of nitrogens with one attached hydrogen (secondary N) is 1. The number of hydrogen-bond donors (Lipinski definition) is 1. The predicted octanol–water partition coefficient (Wildman–Crippen LogP) is 5.59. The second-order valence-electron chi connectivity index (χ2n) is 6.87. The molecule has 10 heteroatoms. The molecule has 0 saturated heterocycles. The fraction of sp³-hybridized carbons (Fsp3) is 0.273. The highest BCUT2D eigenvalue weighted by atomic mass is 35.5. The lowest BCUT2D eigenvalue weighted by Crippen LogP contribution is -2.14. The largest absolute Gasteiger partial charge is 0.490 e. The van der Waals surface area contributed by atoms with Gasteiger partial charge in [-0.15, -0.1) is 0 Å². The van der Waals surface area contributed by atoms with Crippen LogP contribution in [0.15, 0.2) is 36.4 Å². The van der Waals surface area contributed by atoms with E-state index in [2.05, 4.69) is 15.2 Å². The number of aromatic nitrogens is 2. The number of amides is 1. The van der Waals surface area contributed by atoms with Gasteiger partial charge in [0.25, 0.3) is 5.91 Å². The Balaban J connectivity index is 1.83. The van der Waals surface area contributed by atoms with Gasteiger partial charge in [0.05, 0.1) is 30.2 Å². The molecule has 1 N–H and O–H groups in total. The fourth-order valence-electron chi connectivity index (χ4n) is 3.14. The zero-order valence-electron chi connectivity index (χ0n) is 17.6. The Labute approximate surface area is 187 Å². The summed E-state index contributed by atoms with van der Waals surface area (Å²) in [6, 6.07) is 8.07. The van der Waals surface area contributed by atoms with Crippen LogP contribution in [0, 0.1) is 19.7 Å². The molecule has 0 radical (unpaired) electrons. The van der Waals surface area contributed by atoms with Gasteiger partial charge in [-0.2, -0.15) is 13.9 Å². The summed E-state index contributed by atoms with van der Waals surface area (Å²) in [5, 5.41) is 7.50. The maximum absolute atomic E-state index is 13.3. The molecule has 0 aliphatic heterocycles. The van der Waals surface area contributed by atoms with Crippen molar-refractivity contribution < 1.29 is 27.4 Å². The number of carbonyl (C=O) groups is 1. The number of hydrogen-bond acceptors (Lipinski definition) is 4. The number of benzene rings is 2. The molecule has 3 rings (SSSR count). The number of rotatable bonds is 8. The first-order valence-electron chi connectivity index (χ1n) is 9.70. The van der Waals surface area contributed by atoms with Crippen LogP contribution in [0.2, 0.25) is 5.02 Å². The normalized spacial score (nSPS) is 11.0. The molecular weight excluding hydrogens is 447 g/mol. The van der Waals surface area contributed by atoms with E-state index in [1.165, 1.54) is 30.3 Å². The summed E-state index contributed by atoms with van der Waals surface area (Å²) >= 11 is 6.11. The van der Waals surface area contributed by atoms with Crippen LogP contribution in [0.5, 0.6) is 11.5 Å². The van der Waals surface area contributed by atoms with Gasteiger partial charge in [-0.3, -0.25) is 9.48 Å². The van der Waals surface area contributed by atoms with E-state index < -0.39 is 18.3 Å². The average molecular weight is 468 g/mol. The van der Waals surface area contributed by atoms with Crippen LogP contribution < -0.4 is 14.8 Å². The first-order valence-corrected chi connectivity index (χ1v) is 10.1. The van der Waals surface area contributed by atoms with E-state index in [4.69, 9.17) is 16.3 Å². The predicted molar refractivity (Wildman–Crippen MR) is 114 cm³/mol. The molecule has 0 atom stereocenters. The molecule has 2 aromatic carbocycles. The van der Waals surface area contributed by atoms with Gasteiger partial charge in [0.1, 0.15) is 5.82 Å². The number of anilines is 1. The van der Waals surface area contributed by atoms with Crippen LogP contribution in [-0.4, -0.2) is 28.9 Å². The van der Waals surface area contributed by atoms with Gasteiger partial charge >= 0.3 is 6.61 Å². The van der Waals surface area contributed by atoms with E-state index in [0.29, 0.717) is 22.6 Å². The highest BCUT2D eigenvalue weighted by molar-refractivity contribution is 6.31. The van der Waals surface area contributed by atoms with Crippen LogP contribution in [0.25, 0.3) is 0 Å². The van der Waals surface area contributed by atoms with Crippen LogP contribution in [-0.2, 0) is 6.54 Å². The molecule has 1 amide bonds. The molecule has 6 nitrogen and oxygen atoms in total. The van der Waals surface area contributed by atoms with Crippen molar-refractivity contribution in [2.45, 2.75) is 33.9 Å². The van der Waals surface area contributed by atoms with E-state index in [1.807, 2.05) is 0 Å². The molecule has 0 fully saturated rings. The maximum atomic E-state index is 13.3. The third-order valence-corrected chi connectivity index (χ3v) is 5.03. The van der Waals surface area contributed by atoms with Crippen LogP contribution in [0.1, 0.15) is 34.2 Å². The molecule has 32 heavy (non-hydrogen) atoms. The summed E-state index contributed by atoms with van der Waals surface area (Å²) in [4.78, 5) is 12.8. The second kappa shape index (κ2) is 9.95. The minimum absolute atomic E-state index is 0.0375. The lowest BCUT2D eigenvalue weighted by molar-refractivity contribution is -0.0514. The van der Waals surface area contributed by atoms with Gasteiger partial charge in [0.15, 0.2) is 11.5 Å². The minimum Gasteiger partial charge on any atom is -0.490 e. The Morgan fingerprint density at radius 2 is 1.94 bits per heavy atom. The molecule has 3 aromatic rings. The van der Waals surface area contributed by atoms with Gasteiger partial charge in [0, 0.05) is 10.6 Å². The smallest absolute Gasteiger partial charge is 0.387 e. The summed E-state index contributed by atoms with van der Waals surface area (Å²) in [6.07, 6.45) is 0. The lowest BCUT2D eigenvalue weighted by atomic mass is 10.1. The van der Waals surface area contributed by atoms with E-state index >= 15 is 0 Å². The molecule has 1 aromatic heterocycles. The number of carbonyl (C=O) groups excluding carboxylic acids is 1. The quantitative estimate of drug-likeness (QED) is 0.469. The van der Waals surface area contributed by atoms with E-state index in [0.717, 1.165) is 0 Å². The number of nitrogens with zero attached hydrogens (tertiary/aromatic N) is 2. The highest BCUT2D eigenvalue weighted by Crippen LogP contribution is 2.31. The summed E-state index contributed by atoms with van der Waals surface area (Å²) in [7, 11) is 0. The standard InChI is InChI=1S/C22H21ClF3N3O3/c1-4-31-19-9-14(6-8-18(19)32-22(25)26)21(30)27-20-12(2)28-29(13(20)3)11-15-5-7-16(24)10-17(15)23/h5-10,22H,4,11H2,1-3H3,(H,27,30).